The van der Waals surface area contributed by atoms with Crippen molar-refractivity contribution in [2.45, 2.75) is 31.7 Å². The van der Waals surface area contributed by atoms with Crippen molar-refractivity contribution >= 4 is 17.8 Å². The van der Waals surface area contributed by atoms with E-state index < -0.39 is 18.2 Å². The summed E-state index contributed by atoms with van der Waals surface area (Å²) >= 11 is 0. The number of hydrogen-bond acceptors (Lipinski definition) is 5. The number of hydrogen-bond donors (Lipinski definition) is 1. The lowest BCUT2D eigenvalue weighted by Crippen LogP contribution is -2.46. The molecule has 0 radical (unpaired) electrons. The van der Waals surface area contributed by atoms with Gasteiger partial charge in [-0.3, -0.25) is 14.5 Å². The van der Waals surface area contributed by atoms with Crippen molar-refractivity contribution in [2.24, 2.45) is 0 Å². The standard InChI is InChI=1S/C18H16N2O5/c21-15-8-7-14(16(22)19-10-11-4-3-9-24-11)20(15)17-12-5-1-2-6-13(12)18(23)25-17/h1-6,9,14,17H,7-8,10H2,(H,19,22)/t14-,17-/m1/s1. The summed E-state index contributed by atoms with van der Waals surface area (Å²) in [5.74, 6) is -0.341. The smallest absolute Gasteiger partial charge is 0.340 e. The topological polar surface area (TPSA) is 88.8 Å². The number of nitrogens with one attached hydrogen (secondary N) is 1. The number of furan rings is 1. The van der Waals surface area contributed by atoms with E-state index in [2.05, 4.69) is 5.32 Å². The van der Waals surface area contributed by atoms with Gasteiger partial charge in [-0.15, -0.1) is 0 Å². The highest BCUT2D eigenvalue weighted by atomic mass is 16.6. The van der Waals surface area contributed by atoms with E-state index in [0.29, 0.717) is 23.3 Å². The number of nitrogens with zero attached hydrogens (tertiary/aromatic N) is 1. The van der Waals surface area contributed by atoms with E-state index in [1.54, 1.807) is 36.4 Å². The molecule has 0 unspecified atom stereocenters. The molecule has 2 atom stereocenters. The zero-order valence-corrected chi connectivity index (χ0v) is 13.3. The molecule has 25 heavy (non-hydrogen) atoms. The average Bonchev–Trinajstić information content (AvgIpc) is 3.33. The van der Waals surface area contributed by atoms with Crippen LogP contribution in [0.15, 0.2) is 47.1 Å². The second kappa shape index (κ2) is 6.08. The van der Waals surface area contributed by atoms with Gasteiger partial charge in [0.05, 0.1) is 18.4 Å². The molecule has 7 nitrogen and oxygen atoms in total. The molecule has 1 saturated heterocycles. The van der Waals surface area contributed by atoms with Gasteiger partial charge in [-0.05, 0) is 24.6 Å². The van der Waals surface area contributed by atoms with Crippen molar-refractivity contribution in [3.8, 4) is 0 Å². The molecule has 1 aromatic heterocycles. The number of benzene rings is 1. The highest BCUT2D eigenvalue weighted by Gasteiger charge is 2.46. The van der Waals surface area contributed by atoms with E-state index in [4.69, 9.17) is 9.15 Å². The van der Waals surface area contributed by atoms with E-state index in [1.807, 2.05) is 0 Å². The molecule has 2 amide bonds. The predicted octanol–water partition coefficient (Wildman–Crippen LogP) is 1.76. The van der Waals surface area contributed by atoms with Crippen molar-refractivity contribution in [1.82, 2.24) is 10.2 Å². The number of likely N-dealkylation sites (tertiary alicyclic amines) is 1. The molecular formula is C18H16N2O5. The van der Waals surface area contributed by atoms with Crippen LogP contribution in [0.25, 0.3) is 0 Å². The van der Waals surface area contributed by atoms with Crippen LogP contribution in [-0.2, 0) is 20.9 Å². The number of fused-ring (bicyclic) bond motifs is 1. The minimum atomic E-state index is -0.849. The monoisotopic (exact) mass is 340 g/mol. The van der Waals surface area contributed by atoms with E-state index in [0.717, 1.165) is 0 Å². The molecule has 1 fully saturated rings. The number of carbonyl (C=O) groups excluding carboxylic acids is 3. The van der Waals surface area contributed by atoms with Gasteiger partial charge in [0, 0.05) is 12.0 Å². The molecule has 2 aliphatic rings. The van der Waals surface area contributed by atoms with Crippen LogP contribution in [-0.4, -0.2) is 28.7 Å². The van der Waals surface area contributed by atoms with Gasteiger partial charge in [0.25, 0.3) is 0 Å². The summed E-state index contributed by atoms with van der Waals surface area (Å²) in [7, 11) is 0. The Morgan fingerprint density at radius 3 is 2.84 bits per heavy atom. The van der Waals surface area contributed by atoms with Crippen LogP contribution >= 0.6 is 0 Å². The molecule has 2 aliphatic heterocycles. The SMILES string of the molecule is O=C1O[C@@H](N2C(=O)CC[C@@H]2C(=O)NCc2ccco2)c2ccccc21. The van der Waals surface area contributed by atoms with Gasteiger partial charge >= 0.3 is 5.97 Å². The fourth-order valence-corrected chi connectivity index (χ4v) is 3.29. The first-order chi connectivity index (χ1) is 12.1. The van der Waals surface area contributed by atoms with Gasteiger partial charge in [0.2, 0.25) is 18.0 Å². The summed E-state index contributed by atoms with van der Waals surface area (Å²) < 4.78 is 10.6. The summed E-state index contributed by atoms with van der Waals surface area (Å²) in [6.07, 6.45) is 1.31. The maximum atomic E-state index is 12.6. The van der Waals surface area contributed by atoms with Crippen molar-refractivity contribution in [1.29, 1.82) is 0 Å². The third-order valence-electron chi connectivity index (χ3n) is 4.49. The van der Waals surface area contributed by atoms with Gasteiger partial charge < -0.3 is 14.5 Å². The first-order valence-corrected chi connectivity index (χ1v) is 8.06. The van der Waals surface area contributed by atoms with Crippen LogP contribution in [0.1, 0.15) is 40.8 Å². The van der Waals surface area contributed by atoms with Crippen LogP contribution in [0, 0.1) is 0 Å². The second-order valence-corrected chi connectivity index (χ2v) is 6.00. The summed E-state index contributed by atoms with van der Waals surface area (Å²) in [6.45, 7) is 0.241. The van der Waals surface area contributed by atoms with E-state index in [9.17, 15) is 14.4 Å². The number of ether oxygens (including phenoxy) is 1. The molecular weight excluding hydrogens is 324 g/mol. The summed E-state index contributed by atoms with van der Waals surface area (Å²) in [5.41, 5.74) is 1.05. The van der Waals surface area contributed by atoms with Crippen LogP contribution < -0.4 is 5.32 Å². The van der Waals surface area contributed by atoms with Gasteiger partial charge in [-0.25, -0.2) is 4.79 Å². The van der Waals surface area contributed by atoms with Crippen molar-refractivity contribution in [3.05, 3.63) is 59.5 Å². The molecule has 128 valence electrons. The Morgan fingerprint density at radius 2 is 2.04 bits per heavy atom. The molecule has 0 saturated carbocycles. The first kappa shape index (κ1) is 15.4. The Balaban J connectivity index is 1.54. The largest absolute Gasteiger partial charge is 0.467 e. The number of carbonyl (C=O) groups is 3. The lowest BCUT2D eigenvalue weighted by molar-refractivity contribution is -0.145. The third kappa shape index (κ3) is 2.67. The molecule has 1 N–H and O–H groups in total. The molecule has 4 rings (SSSR count). The number of rotatable bonds is 4. The van der Waals surface area contributed by atoms with Crippen LogP contribution in [0.2, 0.25) is 0 Å². The Bertz CT molecular complexity index is 830. The van der Waals surface area contributed by atoms with Crippen LogP contribution in [0.4, 0.5) is 0 Å². The Hall–Kier alpha value is -3.09. The summed E-state index contributed by atoms with van der Waals surface area (Å²) in [6, 6.07) is 9.74. The quantitative estimate of drug-likeness (QED) is 0.857. The molecule has 1 aromatic carbocycles. The second-order valence-electron chi connectivity index (χ2n) is 6.00. The number of amides is 2. The fraction of sp³-hybridized carbons (Fsp3) is 0.278. The Kier molecular flexibility index (Phi) is 3.76. The van der Waals surface area contributed by atoms with Crippen molar-refractivity contribution in [2.75, 3.05) is 0 Å². The molecule has 3 heterocycles. The highest BCUT2D eigenvalue weighted by molar-refractivity contribution is 5.96. The maximum Gasteiger partial charge on any atom is 0.340 e. The summed E-state index contributed by atoms with van der Waals surface area (Å²) in [5, 5.41) is 2.77. The summed E-state index contributed by atoms with van der Waals surface area (Å²) in [4.78, 5) is 38.3. The van der Waals surface area contributed by atoms with E-state index >= 15 is 0 Å². The number of esters is 1. The van der Waals surface area contributed by atoms with E-state index in [-0.39, 0.29) is 24.8 Å². The highest BCUT2D eigenvalue weighted by Crippen LogP contribution is 2.38. The van der Waals surface area contributed by atoms with Gasteiger partial charge in [-0.1, -0.05) is 18.2 Å². The molecule has 2 aromatic rings. The maximum absolute atomic E-state index is 12.6. The van der Waals surface area contributed by atoms with Gasteiger partial charge in [-0.2, -0.15) is 0 Å². The lowest BCUT2D eigenvalue weighted by Gasteiger charge is -2.29. The van der Waals surface area contributed by atoms with Crippen LogP contribution in [0.3, 0.4) is 0 Å². The predicted molar refractivity (Wildman–Crippen MR) is 85.0 cm³/mol. The molecule has 0 aliphatic carbocycles. The van der Waals surface area contributed by atoms with Crippen molar-refractivity contribution in [3.63, 3.8) is 0 Å². The van der Waals surface area contributed by atoms with Gasteiger partial charge in [0.1, 0.15) is 11.8 Å². The molecule has 7 heteroatoms. The fourth-order valence-electron chi connectivity index (χ4n) is 3.29. The minimum absolute atomic E-state index is 0.201. The average molecular weight is 340 g/mol. The molecule has 0 spiro atoms. The molecule has 0 bridgehead atoms. The zero-order valence-electron chi connectivity index (χ0n) is 13.3. The normalized spacial score (nSPS) is 22.0. The number of cyclic esters (lactones) is 1. The van der Waals surface area contributed by atoms with Crippen molar-refractivity contribution < 1.29 is 23.5 Å². The zero-order chi connectivity index (χ0) is 17.4. The van der Waals surface area contributed by atoms with Crippen LogP contribution in [0.5, 0.6) is 0 Å². The van der Waals surface area contributed by atoms with E-state index in [1.165, 1.54) is 11.2 Å². The first-order valence-electron chi connectivity index (χ1n) is 8.06. The third-order valence-corrected chi connectivity index (χ3v) is 4.49. The minimum Gasteiger partial charge on any atom is -0.467 e. The Labute approximate surface area is 143 Å². The Morgan fingerprint density at radius 1 is 1.20 bits per heavy atom. The van der Waals surface area contributed by atoms with Gasteiger partial charge in [0.15, 0.2) is 0 Å². The lowest BCUT2D eigenvalue weighted by atomic mass is 10.1.